The van der Waals surface area contributed by atoms with E-state index in [0.717, 1.165) is 15.7 Å². The summed E-state index contributed by atoms with van der Waals surface area (Å²) in [5, 5.41) is 2.80. The molecule has 0 atom stereocenters. The van der Waals surface area contributed by atoms with Crippen LogP contribution in [0.15, 0.2) is 39.7 Å². The van der Waals surface area contributed by atoms with E-state index >= 15 is 0 Å². The highest BCUT2D eigenvalue weighted by Gasteiger charge is 2.06. The van der Waals surface area contributed by atoms with Crippen LogP contribution < -0.4 is 5.32 Å². The smallest absolute Gasteiger partial charge is 0.230 e. The summed E-state index contributed by atoms with van der Waals surface area (Å²) in [4.78, 5) is 15.6. The lowest BCUT2D eigenvalue weighted by molar-refractivity contribution is -0.115. The third kappa shape index (κ3) is 3.17. The lowest BCUT2D eigenvalue weighted by Gasteiger charge is -2.05. The normalized spacial score (nSPS) is 10.2. The number of benzene rings is 1. The first kappa shape index (κ1) is 11.9. The van der Waals surface area contributed by atoms with E-state index in [0.29, 0.717) is 5.69 Å². The van der Waals surface area contributed by atoms with E-state index in [2.05, 4.69) is 26.2 Å². The number of amides is 1. The van der Waals surface area contributed by atoms with Gasteiger partial charge in [0.15, 0.2) is 6.39 Å². The van der Waals surface area contributed by atoms with Crippen LogP contribution >= 0.6 is 15.9 Å². The Kier molecular flexibility index (Phi) is 3.58. The van der Waals surface area contributed by atoms with Crippen LogP contribution in [0.25, 0.3) is 0 Å². The zero-order valence-electron chi connectivity index (χ0n) is 9.24. The van der Waals surface area contributed by atoms with Gasteiger partial charge in [0.25, 0.3) is 0 Å². The Morgan fingerprint density at radius 1 is 1.53 bits per heavy atom. The van der Waals surface area contributed by atoms with Crippen molar-refractivity contribution in [1.29, 1.82) is 0 Å². The molecule has 0 bridgehead atoms. The predicted octanol–water partition coefficient (Wildman–Crippen LogP) is 2.93. The summed E-state index contributed by atoms with van der Waals surface area (Å²) in [6, 6.07) is 5.67. The maximum atomic E-state index is 11.7. The minimum atomic E-state index is -0.116. The average molecular weight is 295 g/mol. The first-order valence-corrected chi connectivity index (χ1v) is 5.87. The Labute approximate surface area is 107 Å². The van der Waals surface area contributed by atoms with Gasteiger partial charge in [-0.05, 0) is 24.6 Å². The molecule has 4 nitrogen and oxygen atoms in total. The zero-order chi connectivity index (χ0) is 12.3. The van der Waals surface area contributed by atoms with Crippen LogP contribution in [-0.2, 0) is 11.2 Å². The zero-order valence-corrected chi connectivity index (χ0v) is 10.8. The summed E-state index contributed by atoms with van der Waals surface area (Å²) in [6.45, 7) is 1.99. The number of nitrogens with zero attached hydrogens (tertiary/aromatic N) is 1. The fraction of sp³-hybridized carbons (Fsp3) is 0.167. The molecule has 0 fully saturated rings. The van der Waals surface area contributed by atoms with Gasteiger partial charge in [-0.2, -0.15) is 0 Å². The Bertz CT molecular complexity index is 523. The van der Waals surface area contributed by atoms with Crippen molar-refractivity contribution in [3.05, 3.63) is 46.6 Å². The molecule has 1 aromatic heterocycles. The van der Waals surface area contributed by atoms with E-state index in [-0.39, 0.29) is 12.3 Å². The van der Waals surface area contributed by atoms with Crippen LogP contribution in [0, 0.1) is 6.92 Å². The third-order valence-corrected chi connectivity index (χ3v) is 3.14. The molecule has 1 aromatic carbocycles. The fourth-order valence-electron chi connectivity index (χ4n) is 1.37. The van der Waals surface area contributed by atoms with Crippen molar-refractivity contribution in [2.75, 3.05) is 5.32 Å². The van der Waals surface area contributed by atoms with Gasteiger partial charge in [-0.1, -0.05) is 22.0 Å². The topological polar surface area (TPSA) is 55.1 Å². The van der Waals surface area contributed by atoms with E-state index in [9.17, 15) is 4.79 Å². The quantitative estimate of drug-likeness (QED) is 0.947. The highest BCUT2D eigenvalue weighted by Crippen LogP contribution is 2.20. The molecule has 0 aliphatic carbocycles. The Hall–Kier alpha value is -1.62. The van der Waals surface area contributed by atoms with Crippen LogP contribution in [0.1, 0.15) is 11.3 Å². The molecule has 5 heteroatoms. The highest BCUT2D eigenvalue weighted by molar-refractivity contribution is 9.10. The molecule has 88 valence electrons. The molecule has 0 radical (unpaired) electrons. The first-order chi connectivity index (χ1) is 8.15. The number of carbonyl (C=O) groups excluding carboxylic acids is 1. The maximum Gasteiger partial charge on any atom is 0.230 e. The summed E-state index contributed by atoms with van der Waals surface area (Å²) in [5.41, 5.74) is 2.50. The fourth-order valence-corrected chi connectivity index (χ4v) is 1.74. The number of oxazole rings is 1. The summed E-state index contributed by atoms with van der Waals surface area (Å²) in [5.74, 6) is -0.116. The summed E-state index contributed by atoms with van der Waals surface area (Å²) in [7, 11) is 0. The van der Waals surface area contributed by atoms with Gasteiger partial charge >= 0.3 is 0 Å². The number of anilines is 1. The van der Waals surface area contributed by atoms with Crippen molar-refractivity contribution in [3.8, 4) is 0 Å². The summed E-state index contributed by atoms with van der Waals surface area (Å²) >= 11 is 3.42. The lowest BCUT2D eigenvalue weighted by Crippen LogP contribution is -2.14. The minimum absolute atomic E-state index is 0.116. The van der Waals surface area contributed by atoms with Crippen LogP contribution in [0.5, 0.6) is 0 Å². The molecule has 0 saturated carbocycles. The standard InChI is InChI=1S/C12H11BrN2O2/c1-8-2-3-9(4-11(8)13)15-12(16)5-10-6-17-7-14-10/h2-4,6-7H,5H2,1H3,(H,15,16). The van der Waals surface area contributed by atoms with E-state index in [1.165, 1.54) is 12.7 Å². The molecule has 0 aliphatic heterocycles. The second-order valence-corrected chi connectivity index (χ2v) is 4.52. The number of nitrogens with one attached hydrogen (secondary N) is 1. The lowest BCUT2D eigenvalue weighted by atomic mass is 10.2. The van der Waals surface area contributed by atoms with Crippen molar-refractivity contribution >= 4 is 27.5 Å². The molecule has 0 unspecified atom stereocenters. The van der Waals surface area contributed by atoms with Gasteiger partial charge in [0.1, 0.15) is 6.26 Å². The van der Waals surface area contributed by atoms with E-state index < -0.39 is 0 Å². The Balaban J connectivity index is 2.00. The summed E-state index contributed by atoms with van der Waals surface area (Å²) in [6.07, 6.45) is 2.98. The molecular weight excluding hydrogens is 284 g/mol. The number of hydrogen-bond donors (Lipinski definition) is 1. The molecule has 17 heavy (non-hydrogen) atoms. The Morgan fingerprint density at radius 2 is 2.35 bits per heavy atom. The van der Waals surface area contributed by atoms with Crippen LogP contribution in [0.4, 0.5) is 5.69 Å². The van der Waals surface area contributed by atoms with Crippen molar-refractivity contribution < 1.29 is 9.21 Å². The van der Waals surface area contributed by atoms with Gasteiger partial charge in [-0.15, -0.1) is 0 Å². The van der Waals surface area contributed by atoms with Gasteiger partial charge in [0.05, 0.1) is 12.1 Å². The van der Waals surface area contributed by atoms with Gasteiger partial charge < -0.3 is 9.73 Å². The minimum Gasteiger partial charge on any atom is -0.451 e. The number of carbonyl (C=O) groups is 1. The molecule has 1 N–H and O–H groups in total. The van der Waals surface area contributed by atoms with Gasteiger partial charge in [-0.25, -0.2) is 4.98 Å². The van der Waals surface area contributed by atoms with Gasteiger partial charge in [-0.3, -0.25) is 4.79 Å². The largest absolute Gasteiger partial charge is 0.451 e. The third-order valence-electron chi connectivity index (χ3n) is 2.28. The molecule has 2 aromatic rings. The average Bonchev–Trinajstić information content (AvgIpc) is 2.76. The number of aromatic nitrogens is 1. The van der Waals surface area contributed by atoms with Crippen LogP contribution in [0.2, 0.25) is 0 Å². The number of halogens is 1. The van der Waals surface area contributed by atoms with Crippen LogP contribution in [-0.4, -0.2) is 10.9 Å². The summed E-state index contributed by atoms with van der Waals surface area (Å²) < 4.78 is 5.77. The van der Waals surface area contributed by atoms with Crippen molar-refractivity contribution in [2.24, 2.45) is 0 Å². The van der Waals surface area contributed by atoms with E-state index in [4.69, 9.17) is 4.42 Å². The number of aryl methyl sites for hydroxylation is 1. The molecular formula is C12H11BrN2O2. The van der Waals surface area contributed by atoms with E-state index in [1.54, 1.807) is 0 Å². The van der Waals surface area contributed by atoms with Crippen molar-refractivity contribution in [1.82, 2.24) is 4.98 Å². The molecule has 0 spiro atoms. The molecule has 0 saturated heterocycles. The van der Waals surface area contributed by atoms with Gasteiger partial charge in [0.2, 0.25) is 5.91 Å². The second-order valence-electron chi connectivity index (χ2n) is 3.67. The monoisotopic (exact) mass is 294 g/mol. The Morgan fingerprint density at radius 3 is 3.00 bits per heavy atom. The SMILES string of the molecule is Cc1ccc(NC(=O)Cc2cocn2)cc1Br. The maximum absolute atomic E-state index is 11.7. The number of hydrogen-bond acceptors (Lipinski definition) is 3. The van der Waals surface area contributed by atoms with Crippen LogP contribution in [0.3, 0.4) is 0 Å². The number of rotatable bonds is 3. The van der Waals surface area contributed by atoms with Crippen molar-refractivity contribution in [2.45, 2.75) is 13.3 Å². The molecule has 0 aliphatic rings. The highest BCUT2D eigenvalue weighted by atomic mass is 79.9. The van der Waals surface area contributed by atoms with E-state index in [1.807, 2.05) is 25.1 Å². The molecule has 1 heterocycles. The van der Waals surface area contributed by atoms with Gasteiger partial charge in [0, 0.05) is 10.2 Å². The molecule has 2 rings (SSSR count). The first-order valence-electron chi connectivity index (χ1n) is 5.08. The predicted molar refractivity (Wildman–Crippen MR) is 67.7 cm³/mol. The second kappa shape index (κ2) is 5.14. The molecule has 1 amide bonds. The van der Waals surface area contributed by atoms with Crippen molar-refractivity contribution in [3.63, 3.8) is 0 Å².